The van der Waals surface area contributed by atoms with E-state index in [0.717, 1.165) is 13.1 Å². The van der Waals surface area contributed by atoms with Crippen molar-refractivity contribution < 1.29 is 14.4 Å². The third kappa shape index (κ3) is 3.62. The van der Waals surface area contributed by atoms with E-state index in [0.29, 0.717) is 30.9 Å². The predicted octanol–water partition coefficient (Wildman–Crippen LogP) is 0.897. The second kappa shape index (κ2) is 7.01. The normalized spacial score (nSPS) is 21.1. The van der Waals surface area contributed by atoms with Crippen LogP contribution in [0.5, 0.6) is 0 Å². The van der Waals surface area contributed by atoms with Crippen LogP contribution in [0.4, 0.5) is 5.69 Å². The van der Waals surface area contributed by atoms with Crippen molar-refractivity contribution in [2.75, 3.05) is 45.1 Å². The first-order chi connectivity index (χ1) is 11.9. The SMILES string of the molecule is CC(=O)Nc1ccc(C(=O)N2CCN3CCN(C)C(=O)[C@H]3C2)c(Cl)c1. The Labute approximate surface area is 151 Å². The molecular weight excluding hydrogens is 344 g/mol. The van der Waals surface area contributed by atoms with E-state index >= 15 is 0 Å². The highest BCUT2D eigenvalue weighted by atomic mass is 35.5. The Hall–Kier alpha value is -2.12. The van der Waals surface area contributed by atoms with Crippen LogP contribution in [0.15, 0.2) is 18.2 Å². The molecule has 7 nitrogen and oxygen atoms in total. The average Bonchev–Trinajstić information content (AvgIpc) is 2.57. The van der Waals surface area contributed by atoms with Crippen LogP contribution in [0.3, 0.4) is 0 Å². The topological polar surface area (TPSA) is 73.0 Å². The molecule has 0 bridgehead atoms. The van der Waals surface area contributed by atoms with E-state index in [9.17, 15) is 14.4 Å². The fourth-order valence-corrected chi connectivity index (χ4v) is 3.55. The minimum absolute atomic E-state index is 0.0517. The molecule has 0 saturated carbocycles. The van der Waals surface area contributed by atoms with Crippen molar-refractivity contribution in [3.8, 4) is 0 Å². The van der Waals surface area contributed by atoms with Crippen molar-refractivity contribution in [2.24, 2.45) is 0 Å². The fraction of sp³-hybridized carbons (Fsp3) is 0.471. The molecule has 1 N–H and O–H groups in total. The first-order valence-corrected chi connectivity index (χ1v) is 8.60. The van der Waals surface area contributed by atoms with Gasteiger partial charge in [0.15, 0.2) is 0 Å². The summed E-state index contributed by atoms with van der Waals surface area (Å²) in [5.41, 5.74) is 0.920. The van der Waals surface area contributed by atoms with E-state index in [1.54, 1.807) is 35.0 Å². The van der Waals surface area contributed by atoms with Crippen molar-refractivity contribution >= 4 is 35.0 Å². The van der Waals surface area contributed by atoms with Crippen LogP contribution in [-0.4, -0.2) is 78.2 Å². The highest BCUT2D eigenvalue weighted by Crippen LogP contribution is 2.24. The summed E-state index contributed by atoms with van der Waals surface area (Å²) >= 11 is 6.23. The van der Waals surface area contributed by atoms with Crippen LogP contribution < -0.4 is 5.32 Å². The maximum absolute atomic E-state index is 12.8. The van der Waals surface area contributed by atoms with Gasteiger partial charge < -0.3 is 15.1 Å². The molecular formula is C17H21ClN4O3. The van der Waals surface area contributed by atoms with E-state index < -0.39 is 0 Å². The maximum atomic E-state index is 12.8. The summed E-state index contributed by atoms with van der Waals surface area (Å²) in [5.74, 6) is -0.345. The Balaban J connectivity index is 1.75. The number of halogens is 1. The van der Waals surface area contributed by atoms with Crippen molar-refractivity contribution in [1.29, 1.82) is 0 Å². The number of carbonyl (C=O) groups excluding carboxylic acids is 3. The molecule has 0 aliphatic carbocycles. The van der Waals surface area contributed by atoms with E-state index in [1.807, 2.05) is 0 Å². The van der Waals surface area contributed by atoms with Gasteiger partial charge in [-0.15, -0.1) is 0 Å². The van der Waals surface area contributed by atoms with Gasteiger partial charge in [-0.25, -0.2) is 0 Å². The largest absolute Gasteiger partial charge is 0.343 e. The van der Waals surface area contributed by atoms with Gasteiger partial charge in [0.25, 0.3) is 5.91 Å². The number of nitrogens with one attached hydrogen (secondary N) is 1. The average molecular weight is 365 g/mol. The molecule has 0 spiro atoms. The smallest absolute Gasteiger partial charge is 0.255 e. The molecule has 134 valence electrons. The number of hydrogen-bond donors (Lipinski definition) is 1. The van der Waals surface area contributed by atoms with Crippen molar-refractivity contribution in [1.82, 2.24) is 14.7 Å². The lowest BCUT2D eigenvalue weighted by atomic mass is 10.1. The highest BCUT2D eigenvalue weighted by Gasteiger charge is 2.38. The van der Waals surface area contributed by atoms with Crippen LogP contribution in [-0.2, 0) is 9.59 Å². The molecule has 2 heterocycles. The van der Waals surface area contributed by atoms with Crippen LogP contribution >= 0.6 is 11.6 Å². The lowest BCUT2D eigenvalue weighted by Gasteiger charge is -2.45. The lowest BCUT2D eigenvalue weighted by Crippen LogP contribution is -2.64. The molecule has 0 unspecified atom stereocenters. The molecule has 0 radical (unpaired) electrons. The number of hydrogen-bond acceptors (Lipinski definition) is 4. The van der Waals surface area contributed by atoms with Crippen LogP contribution in [0, 0.1) is 0 Å². The molecule has 2 fully saturated rings. The minimum atomic E-state index is -0.283. The number of rotatable bonds is 2. The lowest BCUT2D eigenvalue weighted by molar-refractivity contribution is -0.142. The number of nitrogens with zero attached hydrogens (tertiary/aromatic N) is 3. The zero-order valence-electron chi connectivity index (χ0n) is 14.3. The van der Waals surface area contributed by atoms with Gasteiger partial charge in [0.1, 0.15) is 6.04 Å². The van der Waals surface area contributed by atoms with E-state index in [4.69, 9.17) is 11.6 Å². The standard InChI is InChI=1S/C17H21ClN4O3/c1-11(23)19-12-3-4-13(14(18)9-12)16(24)22-8-7-21-6-5-20(2)17(25)15(21)10-22/h3-4,9,15H,5-8,10H2,1-2H3,(H,19,23)/t15-/m1/s1. The molecule has 2 saturated heterocycles. The summed E-state index contributed by atoms with van der Waals surface area (Å²) in [7, 11) is 1.79. The summed E-state index contributed by atoms with van der Waals surface area (Å²) in [6.07, 6.45) is 0. The summed E-state index contributed by atoms with van der Waals surface area (Å²) in [5, 5.41) is 2.92. The number of amides is 3. The van der Waals surface area contributed by atoms with Gasteiger partial charge in [0.2, 0.25) is 11.8 Å². The third-order valence-electron chi connectivity index (χ3n) is 4.68. The van der Waals surface area contributed by atoms with Crippen LogP contribution in [0.1, 0.15) is 17.3 Å². The second-order valence-electron chi connectivity index (χ2n) is 6.44. The number of likely N-dealkylation sites (N-methyl/N-ethyl adjacent to an activating group) is 1. The Morgan fingerprint density at radius 2 is 1.92 bits per heavy atom. The first kappa shape index (κ1) is 17.7. The number of piperazine rings is 2. The van der Waals surface area contributed by atoms with Gasteiger partial charge in [-0.2, -0.15) is 0 Å². The maximum Gasteiger partial charge on any atom is 0.255 e. The summed E-state index contributed by atoms with van der Waals surface area (Å²) in [6.45, 7) is 4.57. The zero-order chi connectivity index (χ0) is 18.1. The minimum Gasteiger partial charge on any atom is -0.343 e. The number of fused-ring (bicyclic) bond motifs is 1. The molecule has 1 aromatic rings. The summed E-state index contributed by atoms with van der Waals surface area (Å²) < 4.78 is 0. The monoisotopic (exact) mass is 364 g/mol. The molecule has 2 aliphatic heterocycles. The zero-order valence-corrected chi connectivity index (χ0v) is 15.0. The fourth-order valence-electron chi connectivity index (χ4n) is 3.29. The molecule has 3 amide bonds. The molecule has 2 aliphatic rings. The van der Waals surface area contributed by atoms with Crippen LogP contribution in [0.25, 0.3) is 0 Å². The van der Waals surface area contributed by atoms with Gasteiger partial charge in [-0.1, -0.05) is 11.6 Å². The van der Waals surface area contributed by atoms with Crippen LogP contribution in [0.2, 0.25) is 5.02 Å². The number of benzene rings is 1. The molecule has 1 atom stereocenters. The van der Waals surface area contributed by atoms with Crippen molar-refractivity contribution in [3.05, 3.63) is 28.8 Å². The Bertz CT molecular complexity index is 724. The van der Waals surface area contributed by atoms with Gasteiger partial charge in [0, 0.05) is 52.4 Å². The first-order valence-electron chi connectivity index (χ1n) is 8.22. The van der Waals surface area contributed by atoms with Crippen molar-refractivity contribution in [2.45, 2.75) is 13.0 Å². The van der Waals surface area contributed by atoms with E-state index in [1.165, 1.54) is 6.92 Å². The quantitative estimate of drug-likeness (QED) is 0.846. The molecule has 25 heavy (non-hydrogen) atoms. The molecule has 8 heteroatoms. The summed E-state index contributed by atoms with van der Waals surface area (Å²) in [6, 6.07) is 4.54. The molecule has 1 aromatic carbocycles. The molecule has 0 aromatic heterocycles. The van der Waals surface area contributed by atoms with Gasteiger partial charge in [-0.3, -0.25) is 19.3 Å². The predicted molar refractivity (Wildman–Crippen MR) is 94.7 cm³/mol. The Kier molecular flexibility index (Phi) is 4.96. The van der Waals surface area contributed by atoms with Gasteiger partial charge >= 0.3 is 0 Å². The number of anilines is 1. The highest BCUT2D eigenvalue weighted by molar-refractivity contribution is 6.34. The van der Waals surface area contributed by atoms with Gasteiger partial charge in [-0.05, 0) is 18.2 Å². The van der Waals surface area contributed by atoms with E-state index in [2.05, 4.69) is 10.2 Å². The molecule has 3 rings (SSSR count). The third-order valence-corrected chi connectivity index (χ3v) is 4.99. The van der Waals surface area contributed by atoms with Crippen molar-refractivity contribution in [3.63, 3.8) is 0 Å². The summed E-state index contributed by atoms with van der Waals surface area (Å²) in [4.78, 5) is 41.8. The van der Waals surface area contributed by atoms with E-state index in [-0.39, 0.29) is 28.8 Å². The second-order valence-corrected chi connectivity index (χ2v) is 6.85. The van der Waals surface area contributed by atoms with Gasteiger partial charge in [0.05, 0.1) is 10.6 Å². The number of carbonyl (C=O) groups is 3. The Morgan fingerprint density at radius 1 is 1.20 bits per heavy atom. The Morgan fingerprint density at radius 3 is 2.60 bits per heavy atom.